The van der Waals surface area contributed by atoms with Gasteiger partial charge in [-0.25, -0.2) is 4.39 Å². The lowest BCUT2D eigenvalue weighted by molar-refractivity contribution is 0.0690. The van der Waals surface area contributed by atoms with Gasteiger partial charge in [0.15, 0.2) is 5.78 Å². The highest BCUT2D eigenvalue weighted by molar-refractivity contribution is 6.02. The number of carbonyl (C=O) groups is 1. The van der Waals surface area contributed by atoms with Crippen molar-refractivity contribution < 1.29 is 9.18 Å². The van der Waals surface area contributed by atoms with Gasteiger partial charge in [0.1, 0.15) is 5.82 Å². The molecule has 1 aromatic carbocycles. The van der Waals surface area contributed by atoms with E-state index in [1.807, 2.05) is 13.0 Å². The maximum absolute atomic E-state index is 14.2. The zero-order valence-corrected chi connectivity index (χ0v) is 12.6. The van der Waals surface area contributed by atoms with E-state index in [9.17, 15) is 9.18 Å². The smallest absolute Gasteiger partial charge is 0.173 e. The minimum atomic E-state index is -0.562. The number of benzene rings is 1. The zero-order valence-electron chi connectivity index (χ0n) is 12.6. The van der Waals surface area contributed by atoms with E-state index in [1.54, 1.807) is 6.92 Å². The van der Waals surface area contributed by atoms with E-state index >= 15 is 0 Å². The summed E-state index contributed by atoms with van der Waals surface area (Å²) in [5.41, 5.74) is 7.16. The summed E-state index contributed by atoms with van der Waals surface area (Å²) in [5.74, 6) is 0.132. The normalized spacial score (nSPS) is 26.6. The SMILES string of the molecule is Cc1cc(C)c(C(=O)C2(CN)CCC(C)CC2)c(F)c1. The molecule has 1 fully saturated rings. The average Bonchev–Trinajstić information content (AvgIpc) is 2.38. The standard InChI is InChI=1S/C17H24FNO/c1-11-4-6-17(10-19,7-5-11)16(20)15-13(3)8-12(2)9-14(15)18/h8-9,11H,4-7,10,19H2,1-3H3. The first-order valence-corrected chi connectivity index (χ1v) is 7.41. The third-order valence-corrected chi connectivity index (χ3v) is 4.76. The van der Waals surface area contributed by atoms with Crippen molar-refractivity contribution in [2.24, 2.45) is 17.1 Å². The van der Waals surface area contributed by atoms with Gasteiger partial charge in [-0.1, -0.05) is 13.0 Å². The van der Waals surface area contributed by atoms with Crippen LogP contribution in [0, 0.1) is 31.0 Å². The van der Waals surface area contributed by atoms with Crippen LogP contribution in [-0.2, 0) is 0 Å². The molecule has 1 aliphatic carbocycles. The summed E-state index contributed by atoms with van der Waals surface area (Å²) >= 11 is 0. The Morgan fingerprint density at radius 2 is 1.95 bits per heavy atom. The second kappa shape index (κ2) is 5.65. The van der Waals surface area contributed by atoms with Crippen molar-refractivity contribution in [3.05, 3.63) is 34.6 Å². The summed E-state index contributed by atoms with van der Waals surface area (Å²) in [6, 6.07) is 3.31. The van der Waals surface area contributed by atoms with Crippen LogP contribution >= 0.6 is 0 Å². The molecule has 0 heterocycles. The lowest BCUT2D eigenvalue weighted by Gasteiger charge is -2.37. The van der Waals surface area contributed by atoms with Crippen molar-refractivity contribution in [3.8, 4) is 0 Å². The monoisotopic (exact) mass is 277 g/mol. The highest BCUT2D eigenvalue weighted by Gasteiger charge is 2.41. The first-order chi connectivity index (χ1) is 9.39. The molecule has 3 heteroatoms. The van der Waals surface area contributed by atoms with E-state index in [0.717, 1.165) is 36.8 Å². The molecule has 0 aliphatic heterocycles. The van der Waals surface area contributed by atoms with Gasteiger partial charge < -0.3 is 5.73 Å². The quantitative estimate of drug-likeness (QED) is 0.854. The lowest BCUT2D eigenvalue weighted by Crippen LogP contribution is -2.42. The molecule has 0 saturated heterocycles. The van der Waals surface area contributed by atoms with Crippen LogP contribution in [-0.4, -0.2) is 12.3 Å². The summed E-state index contributed by atoms with van der Waals surface area (Å²) in [5, 5.41) is 0. The van der Waals surface area contributed by atoms with Crippen molar-refractivity contribution >= 4 is 5.78 Å². The van der Waals surface area contributed by atoms with Crippen LogP contribution in [0.15, 0.2) is 12.1 Å². The van der Waals surface area contributed by atoms with Crippen LogP contribution in [0.4, 0.5) is 4.39 Å². The molecular weight excluding hydrogens is 253 g/mol. The second-order valence-corrected chi connectivity index (χ2v) is 6.43. The number of Topliss-reactive ketones (excluding diaryl/α,β-unsaturated/α-hetero) is 1. The molecule has 110 valence electrons. The number of aryl methyl sites for hydroxylation is 2. The molecule has 2 rings (SSSR count). The van der Waals surface area contributed by atoms with Gasteiger partial charge in [0.2, 0.25) is 0 Å². The highest BCUT2D eigenvalue weighted by Crippen LogP contribution is 2.41. The Bertz CT molecular complexity index is 493. The largest absolute Gasteiger partial charge is 0.329 e. The fourth-order valence-corrected chi connectivity index (χ4v) is 3.31. The predicted molar refractivity (Wildman–Crippen MR) is 79.3 cm³/mol. The summed E-state index contributed by atoms with van der Waals surface area (Å²) in [7, 11) is 0. The van der Waals surface area contributed by atoms with Gasteiger partial charge in [-0.05, 0) is 62.6 Å². The van der Waals surface area contributed by atoms with E-state index in [2.05, 4.69) is 6.92 Å². The van der Waals surface area contributed by atoms with Crippen LogP contribution in [0.2, 0.25) is 0 Å². The molecule has 20 heavy (non-hydrogen) atoms. The first kappa shape index (κ1) is 15.2. The first-order valence-electron chi connectivity index (χ1n) is 7.41. The van der Waals surface area contributed by atoms with E-state index < -0.39 is 11.2 Å². The van der Waals surface area contributed by atoms with E-state index in [0.29, 0.717) is 12.5 Å². The van der Waals surface area contributed by atoms with Crippen molar-refractivity contribution in [1.82, 2.24) is 0 Å². The van der Waals surface area contributed by atoms with Gasteiger partial charge in [0.05, 0.1) is 5.56 Å². The van der Waals surface area contributed by atoms with Gasteiger partial charge in [0, 0.05) is 12.0 Å². The van der Waals surface area contributed by atoms with Gasteiger partial charge in [0.25, 0.3) is 0 Å². The molecule has 1 aromatic rings. The average molecular weight is 277 g/mol. The molecule has 0 aromatic heterocycles. The number of ketones is 1. The number of hydrogen-bond donors (Lipinski definition) is 1. The molecule has 2 N–H and O–H groups in total. The van der Waals surface area contributed by atoms with E-state index in [4.69, 9.17) is 5.73 Å². The maximum atomic E-state index is 14.2. The van der Waals surface area contributed by atoms with Crippen molar-refractivity contribution in [3.63, 3.8) is 0 Å². The Morgan fingerprint density at radius 3 is 2.45 bits per heavy atom. The fourth-order valence-electron chi connectivity index (χ4n) is 3.31. The van der Waals surface area contributed by atoms with E-state index in [-0.39, 0.29) is 11.3 Å². The molecule has 0 amide bonds. The molecule has 0 unspecified atom stereocenters. The summed E-state index contributed by atoms with van der Waals surface area (Å²) < 4.78 is 14.2. The number of rotatable bonds is 3. The maximum Gasteiger partial charge on any atom is 0.173 e. The Labute approximate surface area is 120 Å². The minimum absolute atomic E-state index is 0.0955. The van der Waals surface area contributed by atoms with Gasteiger partial charge in [-0.2, -0.15) is 0 Å². The number of halogens is 1. The summed E-state index contributed by atoms with van der Waals surface area (Å²) in [6.07, 6.45) is 3.54. The van der Waals surface area contributed by atoms with Crippen molar-refractivity contribution in [1.29, 1.82) is 0 Å². The van der Waals surface area contributed by atoms with Crippen LogP contribution in [0.5, 0.6) is 0 Å². The second-order valence-electron chi connectivity index (χ2n) is 6.43. The topological polar surface area (TPSA) is 43.1 Å². The third kappa shape index (κ3) is 2.64. The van der Waals surface area contributed by atoms with E-state index in [1.165, 1.54) is 6.07 Å². The number of nitrogens with two attached hydrogens (primary N) is 1. The molecular formula is C17H24FNO. The van der Waals surface area contributed by atoms with Crippen LogP contribution in [0.25, 0.3) is 0 Å². The Hall–Kier alpha value is -1.22. The van der Waals surface area contributed by atoms with Gasteiger partial charge >= 0.3 is 0 Å². The number of hydrogen-bond acceptors (Lipinski definition) is 2. The summed E-state index contributed by atoms with van der Waals surface area (Å²) in [4.78, 5) is 12.9. The minimum Gasteiger partial charge on any atom is -0.329 e. The molecule has 0 radical (unpaired) electrons. The van der Waals surface area contributed by atoms with Crippen LogP contribution in [0.3, 0.4) is 0 Å². The van der Waals surface area contributed by atoms with Crippen LogP contribution < -0.4 is 5.73 Å². The van der Waals surface area contributed by atoms with Gasteiger partial charge in [-0.15, -0.1) is 0 Å². The summed E-state index contributed by atoms with van der Waals surface area (Å²) in [6.45, 7) is 6.15. The lowest BCUT2D eigenvalue weighted by atomic mass is 9.66. The molecule has 1 saturated carbocycles. The fraction of sp³-hybridized carbons (Fsp3) is 0.588. The molecule has 0 bridgehead atoms. The Morgan fingerprint density at radius 1 is 1.35 bits per heavy atom. The van der Waals surface area contributed by atoms with Crippen molar-refractivity contribution in [2.45, 2.75) is 46.5 Å². The Kier molecular flexibility index (Phi) is 4.28. The van der Waals surface area contributed by atoms with Crippen LogP contribution in [0.1, 0.15) is 54.1 Å². The molecule has 2 nitrogen and oxygen atoms in total. The third-order valence-electron chi connectivity index (χ3n) is 4.76. The highest BCUT2D eigenvalue weighted by atomic mass is 19.1. The molecule has 1 aliphatic rings. The zero-order chi connectivity index (χ0) is 14.9. The number of carbonyl (C=O) groups excluding carboxylic acids is 1. The Balaban J connectivity index is 2.39. The molecule has 0 atom stereocenters. The molecule has 0 spiro atoms. The van der Waals surface area contributed by atoms with Gasteiger partial charge in [-0.3, -0.25) is 4.79 Å². The van der Waals surface area contributed by atoms with Crippen molar-refractivity contribution in [2.75, 3.05) is 6.54 Å². The predicted octanol–water partition coefficient (Wildman–Crippen LogP) is 3.78.